The van der Waals surface area contributed by atoms with Crippen molar-refractivity contribution < 1.29 is 9.84 Å². The number of hydrogen-bond acceptors (Lipinski definition) is 4. The SMILES string of the molecule is CNC1CCCN(Cc2ccc(OC)cc2O)C1. The molecule has 1 aromatic rings. The van der Waals surface area contributed by atoms with Crippen molar-refractivity contribution in [3.05, 3.63) is 23.8 Å². The van der Waals surface area contributed by atoms with Crippen molar-refractivity contribution >= 4 is 0 Å². The molecular formula is C14H22N2O2. The minimum Gasteiger partial charge on any atom is -0.507 e. The number of aromatic hydroxyl groups is 1. The number of phenols is 1. The van der Waals surface area contributed by atoms with Gasteiger partial charge in [0.1, 0.15) is 11.5 Å². The summed E-state index contributed by atoms with van der Waals surface area (Å²) in [5.74, 6) is 1.02. The average molecular weight is 250 g/mol. The molecule has 18 heavy (non-hydrogen) atoms. The van der Waals surface area contributed by atoms with E-state index in [9.17, 15) is 5.11 Å². The van der Waals surface area contributed by atoms with Crippen LogP contribution in [-0.2, 0) is 6.54 Å². The first kappa shape index (κ1) is 13.2. The van der Waals surface area contributed by atoms with Gasteiger partial charge in [-0.05, 0) is 32.5 Å². The summed E-state index contributed by atoms with van der Waals surface area (Å²) in [5, 5.41) is 13.3. The zero-order valence-corrected chi connectivity index (χ0v) is 11.1. The Bertz CT molecular complexity index is 395. The Labute approximate surface area is 109 Å². The number of likely N-dealkylation sites (tertiary alicyclic amines) is 1. The maximum atomic E-state index is 9.95. The van der Waals surface area contributed by atoms with Gasteiger partial charge in [-0.2, -0.15) is 0 Å². The molecule has 2 N–H and O–H groups in total. The molecule has 1 atom stereocenters. The predicted octanol–water partition coefficient (Wildman–Crippen LogP) is 1.58. The third-order valence-electron chi connectivity index (χ3n) is 3.60. The van der Waals surface area contributed by atoms with Crippen LogP contribution in [0.2, 0.25) is 0 Å². The van der Waals surface area contributed by atoms with Crippen molar-refractivity contribution in [1.29, 1.82) is 0 Å². The molecule has 0 bridgehead atoms. The lowest BCUT2D eigenvalue weighted by molar-refractivity contribution is 0.186. The van der Waals surface area contributed by atoms with Crippen LogP contribution in [0.15, 0.2) is 18.2 Å². The maximum Gasteiger partial charge on any atom is 0.123 e. The van der Waals surface area contributed by atoms with Crippen LogP contribution >= 0.6 is 0 Å². The van der Waals surface area contributed by atoms with Crippen molar-refractivity contribution in [1.82, 2.24) is 10.2 Å². The van der Waals surface area contributed by atoms with E-state index in [0.717, 1.165) is 25.2 Å². The molecule has 0 aliphatic carbocycles. The molecule has 2 rings (SSSR count). The van der Waals surface area contributed by atoms with Gasteiger partial charge in [-0.1, -0.05) is 6.07 Å². The summed E-state index contributed by atoms with van der Waals surface area (Å²) < 4.78 is 5.09. The number of likely N-dealkylation sites (N-methyl/N-ethyl adjacent to an activating group) is 1. The molecule has 4 nitrogen and oxygen atoms in total. The zero-order valence-electron chi connectivity index (χ0n) is 11.1. The van der Waals surface area contributed by atoms with Crippen molar-refractivity contribution in [2.45, 2.75) is 25.4 Å². The Kier molecular flexibility index (Phi) is 4.44. The smallest absolute Gasteiger partial charge is 0.123 e. The van der Waals surface area contributed by atoms with Gasteiger partial charge in [0.25, 0.3) is 0 Å². The fourth-order valence-corrected chi connectivity index (χ4v) is 2.48. The van der Waals surface area contributed by atoms with E-state index >= 15 is 0 Å². The van der Waals surface area contributed by atoms with Crippen molar-refractivity contribution in [3.8, 4) is 11.5 Å². The van der Waals surface area contributed by atoms with Gasteiger partial charge in [0.05, 0.1) is 7.11 Å². The number of methoxy groups -OCH3 is 1. The van der Waals surface area contributed by atoms with Gasteiger partial charge in [-0.25, -0.2) is 0 Å². The van der Waals surface area contributed by atoms with E-state index in [2.05, 4.69) is 10.2 Å². The molecule has 1 aromatic carbocycles. The number of nitrogens with zero attached hydrogens (tertiary/aromatic N) is 1. The summed E-state index contributed by atoms with van der Waals surface area (Å²) in [6.45, 7) is 2.94. The zero-order chi connectivity index (χ0) is 13.0. The number of piperidine rings is 1. The molecule has 100 valence electrons. The van der Waals surface area contributed by atoms with Gasteiger partial charge in [0, 0.05) is 30.8 Å². The molecule has 1 unspecified atom stereocenters. The molecule has 0 radical (unpaired) electrons. The number of phenolic OH excluding ortho intramolecular Hbond substituents is 1. The normalized spacial score (nSPS) is 20.9. The Hall–Kier alpha value is -1.26. The molecular weight excluding hydrogens is 228 g/mol. The number of hydrogen-bond donors (Lipinski definition) is 2. The summed E-state index contributed by atoms with van der Waals surface area (Å²) in [6.07, 6.45) is 2.45. The van der Waals surface area contributed by atoms with Crippen LogP contribution in [0.4, 0.5) is 0 Å². The van der Waals surface area contributed by atoms with Crippen molar-refractivity contribution in [2.75, 3.05) is 27.2 Å². The second kappa shape index (κ2) is 6.07. The number of nitrogens with one attached hydrogen (secondary N) is 1. The molecule has 1 aliphatic heterocycles. The van der Waals surface area contributed by atoms with Crippen LogP contribution in [0.1, 0.15) is 18.4 Å². The van der Waals surface area contributed by atoms with Crippen LogP contribution in [0, 0.1) is 0 Å². The quantitative estimate of drug-likeness (QED) is 0.851. The fraction of sp³-hybridized carbons (Fsp3) is 0.571. The van der Waals surface area contributed by atoms with Crippen LogP contribution in [0.5, 0.6) is 11.5 Å². The standard InChI is InChI=1S/C14H22N2O2/c1-15-12-4-3-7-16(10-12)9-11-5-6-13(18-2)8-14(11)17/h5-6,8,12,15,17H,3-4,7,9-10H2,1-2H3. The third-order valence-corrected chi connectivity index (χ3v) is 3.60. The van der Waals surface area contributed by atoms with Gasteiger partial charge in [-0.15, -0.1) is 0 Å². The van der Waals surface area contributed by atoms with E-state index in [-0.39, 0.29) is 0 Å². The van der Waals surface area contributed by atoms with E-state index in [0.29, 0.717) is 17.5 Å². The minimum atomic E-state index is 0.320. The second-order valence-corrected chi connectivity index (χ2v) is 4.86. The highest BCUT2D eigenvalue weighted by Crippen LogP contribution is 2.25. The summed E-state index contributed by atoms with van der Waals surface area (Å²) in [4.78, 5) is 2.38. The van der Waals surface area contributed by atoms with Crippen molar-refractivity contribution in [3.63, 3.8) is 0 Å². The van der Waals surface area contributed by atoms with Crippen LogP contribution in [0.25, 0.3) is 0 Å². The lowest BCUT2D eigenvalue weighted by atomic mass is 10.0. The molecule has 4 heteroatoms. The maximum absolute atomic E-state index is 9.95. The van der Waals surface area contributed by atoms with Gasteiger partial charge in [0.15, 0.2) is 0 Å². The van der Waals surface area contributed by atoms with Gasteiger partial charge < -0.3 is 15.2 Å². The van der Waals surface area contributed by atoms with Crippen LogP contribution in [-0.4, -0.2) is 43.3 Å². The lowest BCUT2D eigenvalue weighted by Gasteiger charge is -2.32. The number of rotatable bonds is 4. The Morgan fingerprint density at radius 2 is 2.33 bits per heavy atom. The summed E-state index contributed by atoms with van der Waals surface area (Å²) in [6, 6.07) is 6.08. The summed E-state index contributed by atoms with van der Waals surface area (Å²) >= 11 is 0. The van der Waals surface area contributed by atoms with E-state index < -0.39 is 0 Å². The first-order valence-electron chi connectivity index (χ1n) is 6.48. The fourth-order valence-electron chi connectivity index (χ4n) is 2.48. The average Bonchev–Trinajstić information content (AvgIpc) is 2.41. The molecule has 0 saturated carbocycles. The molecule has 0 amide bonds. The minimum absolute atomic E-state index is 0.320. The molecule has 1 fully saturated rings. The molecule has 1 heterocycles. The van der Waals surface area contributed by atoms with Gasteiger partial charge >= 0.3 is 0 Å². The third kappa shape index (κ3) is 3.15. The van der Waals surface area contributed by atoms with Crippen LogP contribution < -0.4 is 10.1 Å². The predicted molar refractivity (Wildman–Crippen MR) is 72.0 cm³/mol. The van der Waals surface area contributed by atoms with Crippen molar-refractivity contribution in [2.24, 2.45) is 0 Å². The first-order valence-corrected chi connectivity index (χ1v) is 6.48. The van der Waals surface area contributed by atoms with E-state index in [4.69, 9.17) is 4.74 Å². The largest absolute Gasteiger partial charge is 0.507 e. The highest BCUT2D eigenvalue weighted by molar-refractivity contribution is 5.39. The van der Waals surface area contributed by atoms with E-state index in [1.54, 1.807) is 13.2 Å². The molecule has 1 saturated heterocycles. The van der Waals surface area contributed by atoms with Gasteiger partial charge in [-0.3, -0.25) is 4.90 Å². The summed E-state index contributed by atoms with van der Waals surface area (Å²) in [7, 11) is 3.62. The first-order chi connectivity index (χ1) is 8.72. The molecule has 0 aromatic heterocycles. The Balaban J connectivity index is 2.00. The Morgan fingerprint density at radius 1 is 1.50 bits per heavy atom. The molecule has 0 spiro atoms. The molecule has 1 aliphatic rings. The van der Waals surface area contributed by atoms with E-state index in [1.807, 2.05) is 19.2 Å². The second-order valence-electron chi connectivity index (χ2n) is 4.86. The highest BCUT2D eigenvalue weighted by Gasteiger charge is 2.19. The van der Waals surface area contributed by atoms with E-state index in [1.165, 1.54) is 12.8 Å². The topological polar surface area (TPSA) is 44.7 Å². The number of benzene rings is 1. The number of ether oxygens (including phenoxy) is 1. The summed E-state index contributed by atoms with van der Waals surface area (Å²) in [5.41, 5.74) is 0.965. The van der Waals surface area contributed by atoms with Gasteiger partial charge in [0.2, 0.25) is 0 Å². The van der Waals surface area contributed by atoms with Crippen LogP contribution in [0.3, 0.4) is 0 Å². The monoisotopic (exact) mass is 250 g/mol. The Morgan fingerprint density at radius 3 is 3.00 bits per heavy atom. The highest BCUT2D eigenvalue weighted by atomic mass is 16.5. The lowest BCUT2D eigenvalue weighted by Crippen LogP contribution is -2.43.